The van der Waals surface area contributed by atoms with Gasteiger partial charge < -0.3 is 20.1 Å². The summed E-state index contributed by atoms with van der Waals surface area (Å²) in [5.74, 6) is -1.35. The number of halogens is 5. The smallest absolute Gasteiger partial charge is 0.433 e. The number of alkyl halides is 4. The Kier molecular flexibility index (Phi) is 8.10. The van der Waals surface area contributed by atoms with Crippen LogP contribution in [0.15, 0.2) is 30.9 Å². The van der Waals surface area contributed by atoms with Crippen molar-refractivity contribution in [2.75, 3.05) is 32.0 Å². The highest BCUT2D eigenvalue weighted by molar-refractivity contribution is 7.23. The number of likely N-dealkylation sites (tertiary alicyclic amines) is 1. The van der Waals surface area contributed by atoms with Crippen LogP contribution in [0, 0.1) is 12.4 Å². The number of ether oxygens (including phenoxy) is 2. The largest absolute Gasteiger partial charge is 0.470 e. The van der Waals surface area contributed by atoms with Crippen LogP contribution in [0.5, 0.6) is 11.9 Å². The molecule has 3 saturated heterocycles. The summed E-state index contributed by atoms with van der Waals surface area (Å²) in [4.78, 5) is 32.2. The molecule has 256 valence electrons. The van der Waals surface area contributed by atoms with Crippen molar-refractivity contribution < 1.29 is 36.2 Å². The number of aromatic nitrogens is 3. The summed E-state index contributed by atoms with van der Waals surface area (Å²) >= 11 is 0.765. The lowest BCUT2D eigenvalue weighted by atomic mass is 9.95. The quantitative estimate of drug-likeness (QED) is 0.129. The highest BCUT2D eigenvalue weighted by Crippen LogP contribution is 2.49. The first-order valence-electron chi connectivity index (χ1n) is 15.6. The van der Waals surface area contributed by atoms with E-state index >= 15 is 0 Å². The number of anilines is 1. The van der Waals surface area contributed by atoms with Crippen LogP contribution in [0.4, 0.5) is 32.6 Å². The van der Waals surface area contributed by atoms with Crippen molar-refractivity contribution in [1.82, 2.24) is 24.8 Å². The molecule has 16 heteroatoms. The van der Waals surface area contributed by atoms with Crippen molar-refractivity contribution in [3.63, 3.8) is 0 Å². The third kappa shape index (κ3) is 5.58. The maximum absolute atomic E-state index is 14.9. The summed E-state index contributed by atoms with van der Waals surface area (Å²) in [6.07, 6.45) is -3.33. The molecular formula is C33H30F5N7O3S. The summed E-state index contributed by atoms with van der Waals surface area (Å²) in [5, 5.41) is -0.106. The Bertz CT molecular complexity index is 2050. The zero-order valence-corrected chi connectivity index (χ0v) is 27.0. The zero-order valence-electron chi connectivity index (χ0n) is 26.2. The van der Waals surface area contributed by atoms with Crippen molar-refractivity contribution in [2.24, 2.45) is 0 Å². The second kappa shape index (κ2) is 12.1. The molecule has 1 aromatic carbocycles. The highest BCUT2D eigenvalue weighted by atomic mass is 32.1. The van der Waals surface area contributed by atoms with Gasteiger partial charge in [0.2, 0.25) is 17.5 Å². The maximum atomic E-state index is 14.9. The maximum Gasteiger partial charge on any atom is 0.433 e. The van der Waals surface area contributed by atoms with Gasteiger partial charge in [-0.25, -0.2) is 18.6 Å². The Morgan fingerprint density at radius 2 is 2.06 bits per heavy atom. The fourth-order valence-corrected chi connectivity index (χ4v) is 8.32. The summed E-state index contributed by atoms with van der Waals surface area (Å²) in [5.41, 5.74) is 2.95. The fourth-order valence-electron chi connectivity index (χ4n) is 7.38. The average Bonchev–Trinajstić information content (AvgIpc) is 3.80. The number of nitrogens with two attached hydrogens (primary N) is 1. The van der Waals surface area contributed by atoms with Gasteiger partial charge in [-0.1, -0.05) is 12.6 Å². The van der Waals surface area contributed by atoms with E-state index in [0.717, 1.165) is 42.5 Å². The number of pyridine rings is 1. The molecule has 4 unspecified atom stereocenters. The molecular weight excluding hydrogens is 669 g/mol. The summed E-state index contributed by atoms with van der Waals surface area (Å²) in [6, 6.07) is 2.61. The molecule has 2 N–H and O–H groups in total. The lowest BCUT2D eigenvalue weighted by molar-refractivity contribution is -0.140. The number of benzene rings is 1. The number of hydrogen-bond donors (Lipinski definition) is 1. The van der Waals surface area contributed by atoms with Gasteiger partial charge >= 0.3 is 12.2 Å². The van der Waals surface area contributed by atoms with Crippen LogP contribution in [0.1, 0.15) is 38.3 Å². The van der Waals surface area contributed by atoms with Crippen molar-refractivity contribution in [1.29, 1.82) is 0 Å². The molecule has 3 aliphatic heterocycles. The van der Waals surface area contributed by atoms with E-state index in [1.807, 2.05) is 4.90 Å². The zero-order chi connectivity index (χ0) is 34.8. The second-order valence-corrected chi connectivity index (χ2v) is 13.6. The van der Waals surface area contributed by atoms with Crippen LogP contribution in [-0.4, -0.2) is 80.8 Å². The van der Waals surface area contributed by atoms with E-state index in [9.17, 15) is 26.7 Å². The summed E-state index contributed by atoms with van der Waals surface area (Å²) in [6.45, 7) is 14.3. The molecule has 0 saturated carbocycles. The Morgan fingerprint density at radius 3 is 2.80 bits per heavy atom. The van der Waals surface area contributed by atoms with E-state index in [1.54, 1.807) is 6.92 Å². The molecule has 0 spiro atoms. The third-order valence-corrected chi connectivity index (χ3v) is 10.7. The minimum absolute atomic E-state index is 0.0372. The lowest BCUT2D eigenvalue weighted by Gasteiger charge is -2.30. The number of nitrogen functional groups attached to an aromatic ring is 1. The number of rotatable bonds is 7. The highest BCUT2D eigenvalue weighted by Gasteiger charge is 2.49. The van der Waals surface area contributed by atoms with Crippen molar-refractivity contribution in [3.8, 4) is 23.0 Å². The Morgan fingerprint density at radius 1 is 1.27 bits per heavy atom. The van der Waals surface area contributed by atoms with Crippen LogP contribution in [0.25, 0.3) is 37.1 Å². The van der Waals surface area contributed by atoms with Gasteiger partial charge in [0.05, 0.1) is 27.9 Å². The van der Waals surface area contributed by atoms with E-state index < -0.39 is 47.1 Å². The predicted molar refractivity (Wildman–Crippen MR) is 173 cm³/mol. The minimum Gasteiger partial charge on any atom is -0.470 e. The molecule has 3 fully saturated rings. The van der Waals surface area contributed by atoms with Gasteiger partial charge in [0, 0.05) is 36.9 Å². The van der Waals surface area contributed by atoms with E-state index in [4.69, 9.17) is 21.8 Å². The first kappa shape index (κ1) is 32.9. The average molecular weight is 700 g/mol. The van der Waals surface area contributed by atoms with Crippen molar-refractivity contribution in [2.45, 2.75) is 62.6 Å². The molecule has 49 heavy (non-hydrogen) atoms. The van der Waals surface area contributed by atoms with Gasteiger partial charge in [0.25, 0.3) is 0 Å². The first-order chi connectivity index (χ1) is 23.3. The van der Waals surface area contributed by atoms with E-state index in [-0.39, 0.29) is 74.7 Å². The number of nitrogens with zero attached hydrogens (tertiary/aromatic N) is 6. The van der Waals surface area contributed by atoms with Gasteiger partial charge in [0.15, 0.2) is 11.2 Å². The van der Waals surface area contributed by atoms with Gasteiger partial charge in [-0.2, -0.15) is 23.1 Å². The van der Waals surface area contributed by atoms with Crippen molar-refractivity contribution >= 4 is 49.1 Å². The van der Waals surface area contributed by atoms with E-state index in [0.29, 0.717) is 19.4 Å². The standard InChI is InChI=1S/C33H30F5N7O3S/c1-4-23(46)45-11-8-22(16(45)2)48-30-25-21(41-31(43-30)47-15-32-9-5-10-44(32)14-17(34)13-32)12-19(28(42-25)33(36,37)38)18-6-7-20(35)27-24(18)26(40-3)29(39)49-27/h4,6-7,12,16-17,22H,1,5,8-11,13-15,39H2,2H3. The van der Waals surface area contributed by atoms with Gasteiger partial charge in [-0.15, -0.1) is 11.3 Å². The molecule has 7 rings (SSSR count). The Labute approximate surface area is 281 Å². The fraction of sp³-hybridized carbons (Fsp3) is 0.424. The van der Waals surface area contributed by atoms with Gasteiger partial charge in [0.1, 0.15) is 30.2 Å². The molecule has 4 atom stereocenters. The Hall–Kier alpha value is -4.62. The molecule has 1 amide bonds. The number of thiophene rings is 1. The second-order valence-electron chi connectivity index (χ2n) is 12.6. The molecule has 0 aliphatic carbocycles. The van der Waals surface area contributed by atoms with Crippen LogP contribution < -0.4 is 15.2 Å². The summed E-state index contributed by atoms with van der Waals surface area (Å²) in [7, 11) is 0. The summed E-state index contributed by atoms with van der Waals surface area (Å²) < 4.78 is 86.0. The number of hydrogen-bond acceptors (Lipinski definition) is 9. The minimum atomic E-state index is -5.01. The monoisotopic (exact) mass is 699 g/mol. The first-order valence-corrected chi connectivity index (χ1v) is 16.4. The third-order valence-electron chi connectivity index (χ3n) is 9.72. The van der Waals surface area contributed by atoms with E-state index in [2.05, 4.69) is 26.4 Å². The predicted octanol–water partition coefficient (Wildman–Crippen LogP) is 6.71. The normalized spacial score (nSPS) is 24.0. The molecule has 0 radical (unpaired) electrons. The van der Waals surface area contributed by atoms with Crippen LogP contribution in [0.2, 0.25) is 0 Å². The van der Waals surface area contributed by atoms with Gasteiger partial charge in [-0.05, 0) is 50.1 Å². The van der Waals surface area contributed by atoms with Gasteiger partial charge in [-0.3, -0.25) is 9.69 Å². The topological polar surface area (TPSA) is 111 Å². The molecule has 0 bridgehead atoms. The molecule has 4 aromatic rings. The molecule has 6 heterocycles. The molecule has 3 aliphatic rings. The van der Waals surface area contributed by atoms with Crippen LogP contribution >= 0.6 is 11.3 Å². The van der Waals surface area contributed by atoms with E-state index in [1.165, 1.54) is 11.0 Å². The number of amides is 1. The van der Waals surface area contributed by atoms with Crippen molar-refractivity contribution in [3.05, 3.63) is 53.8 Å². The Balaban J connectivity index is 1.39. The molecule has 10 nitrogen and oxygen atoms in total. The van der Waals surface area contributed by atoms with Crippen LogP contribution in [0.3, 0.4) is 0 Å². The number of carbonyl (C=O) groups is 1. The van der Waals surface area contributed by atoms with Crippen LogP contribution in [-0.2, 0) is 11.0 Å². The molecule has 3 aromatic heterocycles. The lowest BCUT2D eigenvalue weighted by Crippen LogP contribution is -2.43. The number of carbonyl (C=O) groups excluding carboxylic acids is 1. The SMILES string of the molecule is [C-]#[N+]c1c(N)sc2c(F)ccc(-c3cc4nc(OCC56CCCN5CC(F)C6)nc(OC5CCN(C(=O)C=C)C5C)c4nc3C(F)(F)F)c12. The number of fused-ring (bicyclic) bond motifs is 3.